The first-order valence-electron chi connectivity index (χ1n) is 21.1. The average Bonchev–Trinajstić information content (AvgIpc) is 3.59. The molecule has 1 unspecified atom stereocenters. The molecule has 3 aliphatic heterocycles. The van der Waals surface area contributed by atoms with Crippen LogP contribution in [-0.2, 0) is 57.1 Å². The van der Waals surface area contributed by atoms with E-state index in [1.165, 1.54) is 6.07 Å². The van der Waals surface area contributed by atoms with Crippen molar-refractivity contribution in [3.8, 4) is 0 Å². The number of fused-ring (bicyclic) bond motifs is 4. The molecule has 3 heterocycles. The van der Waals surface area contributed by atoms with E-state index in [2.05, 4.69) is 0 Å². The van der Waals surface area contributed by atoms with Crippen molar-refractivity contribution in [1.29, 1.82) is 0 Å². The van der Waals surface area contributed by atoms with Crippen molar-refractivity contribution in [2.24, 2.45) is 10.4 Å². The van der Waals surface area contributed by atoms with Crippen LogP contribution in [0.15, 0.2) is 116 Å². The number of aliphatic carboxylic acids is 1. The molecule has 6 rings (SSSR count). The molecule has 0 saturated heterocycles. The average molecular weight is 1050 g/mol. The Morgan fingerprint density at radius 2 is 1.47 bits per heavy atom. The molecule has 0 fully saturated rings. The summed E-state index contributed by atoms with van der Waals surface area (Å²) in [5.41, 5.74) is 2.90. The van der Waals surface area contributed by atoms with Crippen LogP contribution in [0.2, 0.25) is 0 Å². The maximum absolute atomic E-state index is 12.7. The van der Waals surface area contributed by atoms with Crippen molar-refractivity contribution < 1.29 is 61.8 Å². The van der Waals surface area contributed by atoms with Crippen LogP contribution in [0.1, 0.15) is 76.5 Å². The molecule has 17 nitrogen and oxygen atoms in total. The second kappa shape index (κ2) is 20.9. The van der Waals surface area contributed by atoms with Gasteiger partial charge in [0.2, 0.25) is 0 Å². The summed E-state index contributed by atoms with van der Waals surface area (Å²) >= 11 is 6.58. The summed E-state index contributed by atoms with van der Waals surface area (Å²) in [5.74, 6) is -1.24. The number of unbranched alkanes of at least 4 members (excludes halogenated alkanes) is 2. The molecule has 3 aromatic carbocycles. The molecule has 0 aliphatic carbocycles. The summed E-state index contributed by atoms with van der Waals surface area (Å²) < 4.78 is 135. The number of benzene rings is 3. The van der Waals surface area contributed by atoms with Gasteiger partial charge in [0.25, 0.3) is 40.5 Å². The number of aliphatic imine (C=N–C) groups is 1. The molecule has 0 aromatic heterocycles. The van der Waals surface area contributed by atoms with Crippen LogP contribution in [-0.4, -0.2) is 134 Å². The summed E-state index contributed by atoms with van der Waals surface area (Å²) in [5, 5.41) is 10.00. The third-order valence-electron chi connectivity index (χ3n) is 12.1. The Morgan fingerprint density at radius 3 is 2.07 bits per heavy atom. The van der Waals surface area contributed by atoms with Crippen LogP contribution in [0.5, 0.6) is 0 Å². The van der Waals surface area contributed by atoms with Gasteiger partial charge in [0.05, 0.1) is 33.2 Å². The number of rotatable bonds is 19. The van der Waals surface area contributed by atoms with Gasteiger partial charge in [-0.3, -0.25) is 23.0 Å². The van der Waals surface area contributed by atoms with Crippen LogP contribution in [0.3, 0.4) is 0 Å². The van der Waals surface area contributed by atoms with Gasteiger partial charge >= 0.3 is 35.5 Å². The Balaban J connectivity index is 0.00000864. The molecular formula is C45H53ClN3NaO14S4. The number of halogens is 1. The number of amidine groups is 1. The fourth-order valence-electron chi connectivity index (χ4n) is 8.83. The SMILES string of the molecule is CC1(C)C(=CC=C(C=CC2N(CCCCS(=O)(=O)O)c3ccc4c(S(=O)(=O)O)cc(S(=O)(=O)O)cc4c3C2(C)C)c2cccc(CCC(=O)O)c2)N=C2C1=CC(Cl)=CN2CCCCS(=O)(=O)O.[NaH]. The molecular weight excluding hydrogens is 993 g/mol. The normalized spacial score (nSPS) is 18.9. The van der Waals surface area contributed by atoms with Crippen molar-refractivity contribution >= 4 is 115 Å². The number of allylic oxidation sites excluding steroid dienone is 7. The second-order valence-corrected chi connectivity index (χ2v) is 24.1. The Labute approximate surface area is 424 Å². The van der Waals surface area contributed by atoms with Gasteiger partial charge in [-0.1, -0.05) is 87.9 Å². The van der Waals surface area contributed by atoms with Gasteiger partial charge < -0.3 is 14.9 Å². The Morgan fingerprint density at radius 1 is 0.824 bits per heavy atom. The zero-order valence-electron chi connectivity index (χ0n) is 37.0. The summed E-state index contributed by atoms with van der Waals surface area (Å²) in [6.07, 6.45) is 12.1. The molecule has 364 valence electrons. The van der Waals surface area contributed by atoms with Gasteiger partial charge in [0.15, 0.2) is 0 Å². The van der Waals surface area contributed by atoms with Gasteiger partial charge in [0, 0.05) is 53.2 Å². The molecule has 0 spiro atoms. The van der Waals surface area contributed by atoms with Crippen LogP contribution in [0.4, 0.5) is 5.69 Å². The molecule has 0 amide bonds. The number of anilines is 1. The summed E-state index contributed by atoms with van der Waals surface area (Å²) in [6.45, 7) is 8.24. The summed E-state index contributed by atoms with van der Waals surface area (Å²) in [6, 6.07) is 11.6. The number of hydrogen-bond acceptors (Lipinski definition) is 12. The summed E-state index contributed by atoms with van der Waals surface area (Å²) in [7, 11) is -18.4. The molecule has 3 aromatic rings. The van der Waals surface area contributed by atoms with E-state index in [-0.39, 0.29) is 84.7 Å². The fourth-order valence-corrected chi connectivity index (χ4v) is 11.5. The first-order valence-corrected chi connectivity index (χ1v) is 27.6. The maximum atomic E-state index is 12.7. The van der Waals surface area contributed by atoms with Crippen molar-refractivity contribution in [3.05, 3.63) is 118 Å². The third-order valence-corrected chi connectivity index (χ3v) is 15.7. The molecule has 3 aliphatic rings. The fraction of sp³-hybridized carbons (Fsp3) is 0.378. The number of aryl methyl sites for hydroxylation is 1. The molecule has 0 bridgehead atoms. The van der Waals surface area contributed by atoms with Crippen LogP contribution >= 0.6 is 11.6 Å². The third kappa shape index (κ3) is 13.0. The van der Waals surface area contributed by atoms with Crippen molar-refractivity contribution in [1.82, 2.24) is 4.90 Å². The van der Waals surface area contributed by atoms with Crippen LogP contribution in [0, 0.1) is 5.41 Å². The first-order chi connectivity index (χ1) is 31.0. The standard InChI is InChI=1S/C45H52ClN3O14S4.Na.H/c1-44(2)36-25-32(46)28-48(20-5-7-22-64(52,53)54)43(36)47-39(44)17-13-30(31-11-9-10-29(24-31)12-19-41(50)51)14-18-40-45(3,4)42-35-26-33(66(58,59)60)27-38(67(61,62)63)34(35)15-16-37(42)49(40)21-6-8-23-65(55,56)57;;/h9-11,13-18,24-28,40H,5-8,12,19-23H2,1-4H3,(H,50,51)(H,52,53,54)(H,55,56,57)(H,58,59,60)(H,61,62,63);;. The quantitative estimate of drug-likeness (QED) is 0.0358. The topological polar surface area (TPSA) is 274 Å². The first kappa shape index (κ1) is 55.2. The number of hydrogen-bond donors (Lipinski definition) is 5. The van der Waals surface area contributed by atoms with E-state index >= 15 is 0 Å². The molecule has 68 heavy (non-hydrogen) atoms. The van der Waals surface area contributed by atoms with Crippen LogP contribution in [0.25, 0.3) is 16.3 Å². The zero-order valence-corrected chi connectivity index (χ0v) is 41.0. The number of carboxylic acid groups (broad SMARTS) is 1. The van der Waals surface area contributed by atoms with E-state index in [0.717, 1.165) is 17.2 Å². The van der Waals surface area contributed by atoms with E-state index in [1.807, 2.05) is 86.1 Å². The Bertz CT molecular complexity index is 3160. The number of carboxylic acids is 1. The monoisotopic (exact) mass is 1050 g/mol. The molecule has 5 N–H and O–H groups in total. The van der Waals surface area contributed by atoms with Crippen molar-refractivity contribution in [2.45, 2.75) is 87.5 Å². The number of carbonyl (C=O) groups is 1. The minimum absolute atomic E-state index is 0. The molecule has 23 heteroatoms. The number of nitrogens with zero attached hydrogens (tertiary/aromatic N) is 3. The van der Waals surface area contributed by atoms with Gasteiger partial charge in [-0.05, 0) is 90.1 Å². The predicted octanol–water partition coefficient (Wildman–Crippen LogP) is 6.79. The predicted molar refractivity (Wildman–Crippen MR) is 264 cm³/mol. The Kier molecular flexibility index (Phi) is 17.0. The van der Waals surface area contributed by atoms with E-state index in [4.69, 9.17) is 16.6 Å². The zero-order chi connectivity index (χ0) is 49.5. The Hall–Kier alpha value is -3.71. The molecule has 1 atom stereocenters. The molecule has 0 saturated carbocycles. The van der Waals surface area contributed by atoms with Crippen molar-refractivity contribution in [3.63, 3.8) is 0 Å². The second-order valence-electron chi connectivity index (χ2n) is 17.7. The minimum atomic E-state index is -5.02. The van der Waals surface area contributed by atoms with E-state index in [1.54, 1.807) is 18.3 Å². The van der Waals surface area contributed by atoms with Gasteiger partial charge in [-0.15, -0.1) is 0 Å². The van der Waals surface area contributed by atoms with Gasteiger partial charge in [0.1, 0.15) is 10.7 Å². The summed E-state index contributed by atoms with van der Waals surface area (Å²) in [4.78, 5) is 18.8. The van der Waals surface area contributed by atoms with Crippen LogP contribution < -0.4 is 4.90 Å². The van der Waals surface area contributed by atoms with E-state index < -0.39 is 78.9 Å². The van der Waals surface area contributed by atoms with E-state index in [0.29, 0.717) is 58.0 Å². The van der Waals surface area contributed by atoms with Gasteiger partial charge in [-0.25, -0.2) is 4.99 Å². The van der Waals surface area contributed by atoms with Crippen molar-refractivity contribution in [2.75, 3.05) is 29.5 Å². The van der Waals surface area contributed by atoms with Gasteiger partial charge in [-0.2, -0.15) is 33.7 Å². The molecule has 0 radical (unpaired) electrons. The van der Waals surface area contributed by atoms with E-state index in [9.17, 15) is 61.8 Å².